The Morgan fingerprint density at radius 2 is 1.78 bits per heavy atom. The molecule has 1 rings (SSSR count). The van der Waals surface area contributed by atoms with E-state index in [0.29, 0.717) is 10.8 Å². The predicted molar refractivity (Wildman–Crippen MR) is 76.7 cm³/mol. The van der Waals surface area contributed by atoms with Gasteiger partial charge >= 0.3 is 0 Å². The second kappa shape index (κ2) is 6.93. The number of hydrogen-bond acceptors (Lipinski definition) is 2. The summed E-state index contributed by atoms with van der Waals surface area (Å²) in [6.07, 6.45) is 3.74. The third-order valence-corrected chi connectivity index (χ3v) is 5.24. The quantitative estimate of drug-likeness (QED) is 0.744. The van der Waals surface area contributed by atoms with Crippen LogP contribution in [0, 0.1) is 0 Å². The van der Waals surface area contributed by atoms with Crippen LogP contribution in [0.25, 0.3) is 0 Å². The molecule has 0 unspecified atom stereocenters. The van der Waals surface area contributed by atoms with Gasteiger partial charge in [-0.1, -0.05) is 39.3 Å². The maximum atomic E-state index is 12.1. The van der Waals surface area contributed by atoms with Crippen molar-refractivity contribution < 1.29 is 8.42 Å². The lowest BCUT2D eigenvalue weighted by molar-refractivity contribution is 0.591. The van der Waals surface area contributed by atoms with Crippen LogP contribution in [-0.4, -0.2) is 14.2 Å². The van der Waals surface area contributed by atoms with Gasteiger partial charge in [-0.25, -0.2) is 8.42 Å². The molecule has 0 heterocycles. The SMILES string of the molecule is CCCCS(=O)(=O)c1cccc(C(CC)CC)c1. The molecule has 2 nitrogen and oxygen atoms in total. The molecule has 0 N–H and O–H groups in total. The average molecular weight is 268 g/mol. The van der Waals surface area contributed by atoms with Crippen LogP contribution in [0.4, 0.5) is 0 Å². The Labute approximate surface area is 111 Å². The summed E-state index contributed by atoms with van der Waals surface area (Å²) in [5.74, 6) is 0.724. The standard InChI is InChI=1S/C15H24O2S/c1-4-7-11-18(16,17)15-10-8-9-14(12-15)13(5-2)6-3/h8-10,12-13H,4-7,11H2,1-3H3. The van der Waals surface area contributed by atoms with Gasteiger partial charge < -0.3 is 0 Å². The number of hydrogen-bond donors (Lipinski definition) is 0. The highest BCUT2D eigenvalue weighted by Crippen LogP contribution is 2.25. The van der Waals surface area contributed by atoms with E-state index in [1.54, 1.807) is 6.07 Å². The van der Waals surface area contributed by atoms with Crippen molar-refractivity contribution in [3.8, 4) is 0 Å². The Hall–Kier alpha value is -0.830. The fraction of sp³-hybridized carbons (Fsp3) is 0.600. The minimum Gasteiger partial charge on any atom is -0.224 e. The lowest BCUT2D eigenvalue weighted by atomic mass is 9.94. The highest BCUT2D eigenvalue weighted by Gasteiger charge is 2.15. The summed E-state index contributed by atoms with van der Waals surface area (Å²) in [6, 6.07) is 7.49. The minimum absolute atomic E-state index is 0.260. The lowest BCUT2D eigenvalue weighted by Gasteiger charge is -2.14. The van der Waals surface area contributed by atoms with Crippen LogP contribution in [0.1, 0.15) is 57.9 Å². The number of sulfone groups is 1. The molecule has 18 heavy (non-hydrogen) atoms. The summed E-state index contributed by atoms with van der Waals surface area (Å²) in [6.45, 7) is 6.30. The molecule has 0 saturated heterocycles. The average Bonchev–Trinajstić information content (AvgIpc) is 2.38. The van der Waals surface area contributed by atoms with Crippen molar-refractivity contribution in [1.29, 1.82) is 0 Å². The van der Waals surface area contributed by atoms with E-state index in [4.69, 9.17) is 0 Å². The van der Waals surface area contributed by atoms with Gasteiger partial charge in [0.25, 0.3) is 0 Å². The van der Waals surface area contributed by atoms with Gasteiger partial charge in [-0.3, -0.25) is 0 Å². The Morgan fingerprint density at radius 3 is 2.33 bits per heavy atom. The van der Waals surface area contributed by atoms with Crippen LogP contribution >= 0.6 is 0 Å². The summed E-state index contributed by atoms with van der Waals surface area (Å²) in [5, 5.41) is 0. The monoisotopic (exact) mass is 268 g/mol. The van der Waals surface area contributed by atoms with E-state index in [1.807, 2.05) is 25.1 Å². The maximum absolute atomic E-state index is 12.1. The molecular formula is C15H24O2S. The Kier molecular flexibility index (Phi) is 5.86. The van der Waals surface area contributed by atoms with Crippen LogP contribution in [0.15, 0.2) is 29.2 Å². The summed E-state index contributed by atoms with van der Waals surface area (Å²) in [5.41, 5.74) is 1.15. The maximum Gasteiger partial charge on any atom is 0.178 e. The zero-order chi connectivity index (χ0) is 13.6. The number of benzene rings is 1. The molecule has 0 fully saturated rings. The van der Waals surface area contributed by atoms with Crippen molar-refractivity contribution in [3.63, 3.8) is 0 Å². The first-order chi connectivity index (χ1) is 8.55. The van der Waals surface area contributed by atoms with Crippen LogP contribution in [0.3, 0.4) is 0 Å². The molecule has 0 saturated carbocycles. The van der Waals surface area contributed by atoms with Gasteiger partial charge in [0.15, 0.2) is 9.84 Å². The normalized spacial score (nSPS) is 12.0. The first kappa shape index (κ1) is 15.2. The molecule has 1 aromatic carbocycles. The zero-order valence-corrected chi connectivity index (χ0v) is 12.5. The smallest absolute Gasteiger partial charge is 0.178 e. The van der Waals surface area contributed by atoms with Crippen molar-refractivity contribution in [2.75, 3.05) is 5.75 Å². The van der Waals surface area contributed by atoms with Crippen LogP contribution in [0.2, 0.25) is 0 Å². The summed E-state index contributed by atoms with van der Waals surface area (Å²) >= 11 is 0. The zero-order valence-electron chi connectivity index (χ0n) is 11.6. The third-order valence-electron chi connectivity index (χ3n) is 3.44. The van der Waals surface area contributed by atoms with E-state index < -0.39 is 9.84 Å². The fourth-order valence-electron chi connectivity index (χ4n) is 2.17. The minimum atomic E-state index is -3.09. The molecule has 0 atom stereocenters. The van der Waals surface area contributed by atoms with Crippen molar-refractivity contribution in [1.82, 2.24) is 0 Å². The van der Waals surface area contributed by atoms with Gasteiger partial charge in [0.05, 0.1) is 10.6 Å². The summed E-state index contributed by atoms with van der Waals surface area (Å²) < 4.78 is 24.3. The number of unbranched alkanes of at least 4 members (excludes halogenated alkanes) is 1. The molecule has 102 valence electrons. The highest BCUT2D eigenvalue weighted by atomic mass is 32.2. The lowest BCUT2D eigenvalue weighted by Crippen LogP contribution is -2.07. The van der Waals surface area contributed by atoms with E-state index in [9.17, 15) is 8.42 Å². The van der Waals surface area contributed by atoms with Crippen LogP contribution < -0.4 is 0 Å². The van der Waals surface area contributed by atoms with Crippen molar-refractivity contribution in [2.24, 2.45) is 0 Å². The van der Waals surface area contributed by atoms with Gasteiger partial charge in [0.2, 0.25) is 0 Å². The third kappa shape index (κ3) is 3.84. The molecule has 3 heteroatoms. The van der Waals surface area contributed by atoms with E-state index in [2.05, 4.69) is 13.8 Å². The first-order valence-corrected chi connectivity index (χ1v) is 8.53. The second-order valence-corrected chi connectivity index (χ2v) is 6.87. The molecule has 1 aromatic rings. The van der Waals surface area contributed by atoms with Gasteiger partial charge in [0, 0.05) is 0 Å². The predicted octanol–water partition coefficient (Wildman–Crippen LogP) is 4.16. The van der Waals surface area contributed by atoms with Gasteiger partial charge in [0.1, 0.15) is 0 Å². The highest BCUT2D eigenvalue weighted by molar-refractivity contribution is 7.91. The van der Waals surface area contributed by atoms with Crippen LogP contribution in [0.5, 0.6) is 0 Å². The molecule has 0 aliphatic carbocycles. The van der Waals surface area contributed by atoms with Crippen molar-refractivity contribution in [2.45, 2.75) is 57.3 Å². The van der Waals surface area contributed by atoms with E-state index in [-0.39, 0.29) is 5.75 Å². The summed E-state index contributed by atoms with van der Waals surface area (Å²) in [4.78, 5) is 0.486. The fourth-order valence-corrected chi connectivity index (χ4v) is 3.68. The molecule has 0 amide bonds. The molecule has 0 aliphatic rings. The number of rotatable bonds is 7. The molecule has 0 radical (unpaired) electrons. The summed E-state index contributed by atoms with van der Waals surface area (Å²) in [7, 11) is -3.09. The van der Waals surface area contributed by atoms with Crippen molar-refractivity contribution in [3.05, 3.63) is 29.8 Å². The van der Waals surface area contributed by atoms with Gasteiger partial charge in [-0.2, -0.15) is 0 Å². The molecular weight excluding hydrogens is 244 g/mol. The van der Waals surface area contributed by atoms with Crippen LogP contribution in [-0.2, 0) is 9.84 Å². The Balaban J connectivity index is 3.01. The van der Waals surface area contributed by atoms with E-state index >= 15 is 0 Å². The topological polar surface area (TPSA) is 34.1 Å². The van der Waals surface area contributed by atoms with E-state index in [0.717, 1.165) is 31.2 Å². The van der Waals surface area contributed by atoms with Crippen molar-refractivity contribution >= 4 is 9.84 Å². The molecule has 0 bridgehead atoms. The van der Waals surface area contributed by atoms with Gasteiger partial charge in [-0.05, 0) is 42.9 Å². The Morgan fingerprint density at radius 1 is 1.11 bits per heavy atom. The first-order valence-electron chi connectivity index (χ1n) is 6.87. The Bertz CT molecular complexity index is 459. The van der Waals surface area contributed by atoms with Gasteiger partial charge in [-0.15, -0.1) is 0 Å². The second-order valence-electron chi connectivity index (χ2n) is 4.76. The molecule has 0 aromatic heterocycles. The largest absolute Gasteiger partial charge is 0.224 e. The van der Waals surface area contributed by atoms with E-state index in [1.165, 1.54) is 0 Å². The molecule has 0 aliphatic heterocycles. The molecule has 0 spiro atoms.